The third-order valence-electron chi connectivity index (χ3n) is 2.88. The SMILES string of the molecule is Cc1cc(F)ccc1CNc1ccccc1OC(F)F. The van der Waals surface area contributed by atoms with Crippen molar-refractivity contribution in [1.82, 2.24) is 0 Å². The second-order valence-electron chi connectivity index (χ2n) is 4.30. The predicted octanol–water partition coefficient (Wildman–Crippen LogP) is 4.35. The molecule has 0 aliphatic heterocycles. The number of hydrogen-bond acceptors (Lipinski definition) is 2. The third-order valence-corrected chi connectivity index (χ3v) is 2.88. The van der Waals surface area contributed by atoms with Crippen LogP contribution in [0, 0.1) is 12.7 Å². The molecule has 2 aromatic carbocycles. The molecule has 2 nitrogen and oxygen atoms in total. The van der Waals surface area contributed by atoms with Crippen molar-refractivity contribution in [2.45, 2.75) is 20.1 Å². The van der Waals surface area contributed by atoms with E-state index in [4.69, 9.17) is 0 Å². The average Bonchev–Trinajstić information content (AvgIpc) is 2.39. The number of aryl methyl sites for hydroxylation is 1. The van der Waals surface area contributed by atoms with Crippen molar-refractivity contribution in [1.29, 1.82) is 0 Å². The monoisotopic (exact) mass is 281 g/mol. The molecule has 0 saturated heterocycles. The van der Waals surface area contributed by atoms with Gasteiger partial charge in [0.2, 0.25) is 0 Å². The zero-order chi connectivity index (χ0) is 14.5. The third kappa shape index (κ3) is 3.66. The summed E-state index contributed by atoms with van der Waals surface area (Å²) in [5.41, 5.74) is 2.15. The average molecular weight is 281 g/mol. The Hall–Kier alpha value is -2.17. The Kier molecular flexibility index (Phi) is 4.50. The Labute approximate surface area is 115 Å². The van der Waals surface area contributed by atoms with E-state index >= 15 is 0 Å². The summed E-state index contributed by atoms with van der Waals surface area (Å²) < 4.78 is 42.0. The standard InChI is InChI=1S/C15H14F3NO/c1-10-8-12(16)7-6-11(10)9-19-13-4-2-3-5-14(13)20-15(17)18/h2-8,15,19H,9H2,1H3. The number of ether oxygens (including phenoxy) is 1. The fourth-order valence-electron chi connectivity index (χ4n) is 1.86. The molecule has 0 unspecified atom stereocenters. The van der Waals surface area contributed by atoms with Crippen LogP contribution < -0.4 is 10.1 Å². The molecule has 0 aliphatic carbocycles. The molecule has 106 valence electrons. The van der Waals surface area contributed by atoms with Gasteiger partial charge < -0.3 is 10.1 Å². The molecule has 0 aliphatic rings. The Morgan fingerprint density at radius 1 is 1.15 bits per heavy atom. The predicted molar refractivity (Wildman–Crippen MR) is 71.5 cm³/mol. The van der Waals surface area contributed by atoms with Crippen LogP contribution in [0.25, 0.3) is 0 Å². The first-order chi connectivity index (χ1) is 9.56. The summed E-state index contributed by atoms with van der Waals surface area (Å²) in [7, 11) is 0. The Morgan fingerprint density at radius 2 is 1.90 bits per heavy atom. The topological polar surface area (TPSA) is 21.3 Å². The van der Waals surface area contributed by atoms with Crippen molar-refractivity contribution in [3.8, 4) is 5.75 Å². The van der Waals surface area contributed by atoms with Crippen molar-refractivity contribution in [2.75, 3.05) is 5.32 Å². The Bertz CT molecular complexity index is 587. The number of halogens is 3. The summed E-state index contributed by atoms with van der Waals surface area (Å²) in [5.74, 6) is -0.213. The minimum absolute atomic E-state index is 0.0854. The summed E-state index contributed by atoms with van der Waals surface area (Å²) >= 11 is 0. The summed E-state index contributed by atoms with van der Waals surface area (Å²) in [6.07, 6.45) is 0. The van der Waals surface area contributed by atoms with E-state index in [0.717, 1.165) is 11.1 Å². The van der Waals surface area contributed by atoms with Crippen molar-refractivity contribution in [2.24, 2.45) is 0 Å². The molecule has 1 N–H and O–H groups in total. The normalized spacial score (nSPS) is 10.7. The molecule has 0 fully saturated rings. The lowest BCUT2D eigenvalue weighted by Crippen LogP contribution is -2.07. The molecule has 5 heteroatoms. The van der Waals surface area contributed by atoms with Crippen molar-refractivity contribution >= 4 is 5.69 Å². The molecule has 20 heavy (non-hydrogen) atoms. The van der Waals surface area contributed by atoms with Crippen LogP contribution in [0.1, 0.15) is 11.1 Å². The maximum atomic E-state index is 13.0. The zero-order valence-corrected chi connectivity index (χ0v) is 10.9. The molecule has 0 radical (unpaired) electrons. The first-order valence-electron chi connectivity index (χ1n) is 6.09. The largest absolute Gasteiger partial charge is 0.433 e. The van der Waals surface area contributed by atoms with Crippen LogP contribution in [0.2, 0.25) is 0 Å². The van der Waals surface area contributed by atoms with Crippen LogP contribution in [0.4, 0.5) is 18.9 Å². The van der Waals surface area contributed by atoms with Crippen LogP contribution in [0.15, 0.2) is 42.5 Å². The number of benzene rings is 2. The van der Waals surface area contributed by atoms with Gasteiger partial charge in [-0.25, -0.2) is 4.39 Å². The van der Waals surface area contributed by atoms with Gasteiger partial charge in [0.05, 0.1) is 5.69 Å². The van der Waals surface area contributed by atoms with E-state index in [2.05, 4.69) is 10.1 Å². The second kappa shape index (κ2) is 6.32. The van der Waals surface area contributed by atoms with E-state index < -0.39 is 6.61 Å². The molecule has 0 saturated carbocycles. The molecular weight excluding hydrogens is 267 g/mol. The van der Waals surface area contributed by atoms with Gasteiger partial charge >= 0.3 is 6.61 Å². The van der Waals surface area contributed by atoms with Crippen molar-refractivity contribution < 1.29 is 17.9 Å². The zero-order valence-electron chi connectivity index (χ0n) is 10.9. The van der Waals surface area contributed by atoms with Crippen LogP contribution in [-0.4, -0.2) is 6.61 Å². The highest BCUT2D eigenvalue weighted by molar-refractivity contribution is 5.56. The summed E-state index contributed by atoms with van der Waals surface area (Å²) in [6, 6.07) is 10.9. The van der Waals surface area contributed by atoms with Gasteiger partial charge in [0.1, 0.15) is 11.6 Å². The van der Waals surface area contributed by atoms with Gasteiger partial charge in [-0.15, -0.1) is 0 Å². The highest BCUT2D eigenvalue weighted by atomic mass is 19.3. The lowest BCUT2D eigenvalue weighted by molar-refractivity contribution is -0.0493. The molecule has 0 spiro atoms. The van der Waals surface area contributed by atoms with E-state index in [1.807, 2.05) is 0 Å². The molecule has 0 amide bonds. The lowest BCUT2D eigenvalue weighted by Gasteiger charge is -2.13. The fourth-order valence-corrected chi connectivity index (χ4v) is 1.86. The molecule has 2 aromatic rings. The minimum Gasteiger partial charge on any atom is -0.433 e. The molecular formula is C15H14F3NO. The smallest absolute Gasteiger partial charge is 0.387 e. The van der Waals surface area contributed by atoms with E-state index in [-0.39, 0.29) is 11.6 Å². The number of nitrogens with one attached hydrogen (secondary N) is 1. The van der Waals surface area contributed by atoms with Gasteiger partial charge in [0.25, 0.3) is 0 Å². The van der Waals surface area contributed by atoms with Gasteiger partial charge in [-0.3, -0.25) is 0 Å². The van der Waals surface area contributed by atoms with E-state index in [0.29, 0.717) is 12.2 Å². The minimum atomic E-state index is -2.87. The molecule has 0 aromatic heterocycles. The van der Waals surface area contributed by atoms with E-state index in [1.165, 1.54) is 18.2 Å². The number of anilines is 1. The fraction of sp³-hybridized carbons (Fsp3) is 0.200. The number of hydrogen-bond donors (Lipinski definition) is 1. The summed E-state index contributed by atoms with van der Waals surface area (Å²) in [6.45, 7) is -0.678. The quantitative estimate of drug-likeness (QED) is 0.879. The molecule has 2 rings (SSSR count). The number of rotatable bonds is 5. The highest BCUT2D eigenvalue weighted by Gasteiger charge is 2.09. The van der Waals surface area contributed by atoms with Gasteiger partial charge in [0, 0.05) is 6.54 Å². The molecule has 0 bridgehead atoms. The van der Waals surface area contributed by atoms with E-state index in [1.54, 1.807) is 31.2 Å². The molecule has 0 atom stereocenters. The van der Waals surface area contributed by atoms with Crippen LogP contribution in [0.3, 0.4) is 0 Å². The van der Waals surface area contributed by atoms with Crippen molar-refractivity contribution in [3.63, 3.8) is 0 Å². The highest BCUT2D eigenvalue weighted by Crippen LogP contribution is 2.26. The van der Waals surface area contributed by atoms with E-state index in [9.17, 15) is 13.2 Å². The number of alkyl halides is 2. The number of para-hydroxylation sites is 2. The maximum absolute atomic E-state index is 13.0. The maximum Gasteiger partial charge on any atom is 0.387 e. The van der Waals surface area contributed by atoms with Gasteiger partial charge in [0.15, 0.2) is 0 Å². The van der Waals surface area contributed by atoms with Crippen LogP contribution in [0.5, 0.6) is 5.75 Å². The first kappa shape index (κ1) is 14.2. The van der Waals surface area contributed by atoms with Crippen LogP contribution >= 0.6 is 0 Å². The van der Waals surface area contributed by atoms with Gasteiger partial charge in [-0.05, 0) is 42.3 Å². The van der Waals surface area contributed by atoms with Crippen LogP contribution in [-0.2, 0) is 6.54 Å². The molecule has 0 heterocycles. The lowest BCUT2D eigenvalue weighted by atomic mass is 10.1. The summed E-state index contributed by atoms with van der Waals surface area (Å²) in [4.78, 5) is 0. The van der Waals surface area contributed by atoms with Gasteiger partial charge in [-0.1, -0.05) is 18.2 Å². The summed E-state index contributed by atoms with van der Waals surface area (Å²) in [5, 5.41) is 3.01. The Morgan fingerprint density at radius 3 is 2.60 bits per heavy atom. The second-order valence-corrected chi connectivity index (χ2v) is 4.30. The van der Waals surface area contributed by atoms with Crippen molar-refractivity contribution in [3.05, 3.63) is 59.4 Å². The Balaban J connectivity index is 2.10. The van der Waals surface area contributed by atoms with Gasteiger partial charge in [-0.2, -0.15) is 8.78 Å². The first-order valence-corrected chi connectivity index (χ1v) is 6.09.